The number of fused-ring (bicyclic) bond motifs is 8. The highest BCUT2D eigenvalue weighted by molar-refractivity contribution is 7.99. The Hall–Kier alpha value is -2.77. The number of pyridine rings is 1. The molecule has 1 aromatic heterocycles. The summed E-state index contributed by atoms with van der Waals surface area (Å²) in [5.74, 6) is 1.34. The molecule has 0 saturated heterocycles. The van der Waals surface area contributed by atoms with Gasteiger partial charge in [-0.05, 0) is 61.8 Å². The average Bonchev–Trinajstić information content (AvgIpc) is 3.37. The first kappa shape index (κ1) is 25.2. The number of ketones is 2. The van der Waals surface area contributed by atoms with Crippen LogP contribution < -0.4 is 0 Å². The van der Waals surface area contributed by atoms with E-state index in [2.05, 4.69) is 13.8 Å². The van der Waals surface area contributed by atoms with Crippen LogP contribution >= 0.6 is 11.8 Å². The highest BCUT2D eigenvalue weighted by Crippen LogP contribution is 2.69. The van der Waals surface area contributed by atoms with Crippen LogP contribution in [0.2, 0.25) is 0 Å². The molecule has 1 N–H and O–H groups in total. The molecular formula is C32H34N2O4S. The van der Waals surface area contributed by atoms with Crippen LogP contribution in [0.15, 0.2) is 70.2 Å². The molecule has 0 spiro atoms. The van der Waals surface area contributed by atoms with Crippen LogP contribution in [0.4, 0.5) is 0 Å². The topological polar surface area (TPSA) is 88.9 Å². The highest BCUT2D eigenvalue weighted by atomic mass is 32.2. The molecule has 0 bridgehead atoms. The van der Waals surface area contributed by atoms with Crippen LogP contribution in [0.1, 0.15) is 46.5 Å². The molecule has 6 unspecified atom stereocenters. The minimum absolute atomic E-state index is 0.00662. The normalized spacial score (nSPS) is 40.2. The van der Waals surface area contributed by atoms with Crippen molar-refractivity contribution >= 4 is 40.1 Å². The molecule has 8 atom stereocenters. The fraction of sp³-hybridized carbons (Fsp3) is 0.500. The van der Waals surface area contributed by atoms with E-state index in [-0.39, 0.29) is 46.6 Å². The van der Waals surface area contributed by atoms with Crippen LogP contribution in [-0.2, 0) is 14.3 Å². The Bertz CT molecular complexity index is 1500. The molecule has 7 heteroatoms. The molecule has 3 saturated carbocycles. The number of carbonyl (C=O) groups is 2. The molecular weight excluding hydrogens is 508 g/mol. The Morgan fingerprint density at radius 2 is 2.03 bits per heavy atom. The zero-order chi connectivity index (χ0) is 27.2. The van der Waals surface area contributed by atoms with E-state index in [1.165, 1.54) is 11.8 Å². The van der Waals surface area contributed by atoms with E-state index in [0.717, 1.165) is 40.8 Å². The summed E-state index contributed by atoms with van der Waals surface area (Å²) in [5.41, 5.74) is 0.177. The maximum Gasteiger partial charge on any atom is 0.181 e. The van der Waals surface area contributed by atoms with Gasteiger partial charge in [0.2, 0.25) is 0 Å². The Morgan fingerprint density at radius 1 is 1.21 bits per heavy atom. The maximum absolute atomic E-state index is 14.3. The maximum atomic E-state index is 14.3. The Labute approximate surface area is 233 Å². The first-order valence-electron chi connectivity index (χ1n) is 14.0. The third-order valence-corrected chi connectivity index (χ3v) is 11.6. The lowest BCUT2D eigenvalue weighted by atomic mass is 9.46. The van der Waals surface area contributed by atoms with Gasteiger partial charge in [0, 0.05) is 29.1 Å². The van der Waals surface area contributed by atoms with Crippen molar-refractivity contribution in [2.45, 2.75) is 69.2 Å². The molecule has 5 aliphatic rings. The SMILES string of the molecule is CC1=N[C@]2(C(=O)CSc3ccc4ccccc4n3)[C@@H](CC3C4CCC5=CC(=O)C=CC5(C)C4C(O)CC32C)O1. The van der Waals surface area contributed by atoms with E-state index in [1.807, 2.05) is 49.4 Å². The van der Waals surface area contributed by atoms with Gasteiger partial charge in [-0.15, -0.1) is 0 Å². The van der Waals surface area contributed by atoms with Crippen LogP contribution in [0.3, 0.4) is 0 Å². The number of hydrogen-bond donors (Lipinski definition) is 1. The molecule has 6 nitrogen and oxygen atoms in total. The number of aromatic nitrogens is 1. The summed E-state index contributed by atoms with van der Waals surface area (Å²) in [7, 11) is 0. The Balaban J connectivity index is 1.21. The molecule has 39 heavy (non-hydrogen) atoms. The van der Waals surface area contributed by atoms with Gasteiger partial charge < -0.3 is 9.84 Å². The standard InChI is InChI=1S/C32H34N2O4S/c1-18-34-32(26(37)17-39-28-11-8-19-6-4-5-7-24(19)33-28)27(38-18)15-23-22-10-9-20-14-21(35)12-13-30(20,2)29(22)25(36)16-31(23,32)3/h4-8,11-14,22-23,25,27,29,36H,9-10,15-17H2,1-3H3/t22?,23?,25?,27-,29?,30?,31?,32-/m1/s1. The van der Waals surface area contributed by atoms with Crippen LogP contribution in [0.25, 0.3) is 10.9 Å². The number of rotatable bonds is 4. The molecule has 202 valence electrons. The summed E-state index contributed by atoms with van der Waals surface area (Å²) in [6.45, 7) is 6.19. The fourth-order valence-electron chi connectivity index (χ4n) is 9.07. The van der Waals surface area contributed by atoms with Crippen molar-refractivity contribution in [2.24, 2.45) is 33.6 Å². The van der Waals surface area contributed by atoms with Crippen molar-refractivity contribution in [1.29, 1.82) is 0 Å². The van der Waals surface area contributed by atoms with Crippen molar-refractivity contribution < 1.29 is 19.4 Å². The molecule has 2 heterocycles. The number of aliphatic hydroxyl groups excluding tert-OH is 1. The third-order valence-electron chi connectivity index (χ3n) is 10.7. The summed E-state index contributed by atoms with van der Waals surface area (Å²) >= 11 is 1.45. The Morgan fingerprint density at radius 3 is 2.87 bits per heavy atom. The molecule has 2 aromatic rings. The van der Waals surface area contributed by atoms with Gasteiger partial charge >= 0.3 is 0 Å². The van der Waals surface area contributed by atoms with Gasteiger partial charge in [-0.3, -0.25) is 9.59 Å². The van der Waals surface area contributed by atoms with Crippen molar-refractivity contribution in [1.82, 2.24) is 4.98 Å². The quantitative estimate of drug-likeness (QED) is 0.525. The van der Waals surface area contributed by atoms with Gasteiger partial charge in [-0.2, -0.15) is 0 Å². The zero-order valence-electron chi connectivity index (χ0n) is 22.6. The molecule has 7 rings (SSSR count). The van der Waals surface area contributed by atoms with Gasteiger partial charge in [0.1, 0.15) is 6.10 Å². The number of benzene rings is 1. The molecule has 0 amide bonds. The van der Waals surface area contributed by atoms with Crippen LogP contribution in [-0.4, -0.2) is 51.1 Å². The highest BCUT2D eigenvalue weighted by Gasteiger charge is 2.74. The summed E-state index contributed by atoms with van der Waals surface area (Å²) in [4.78, 5) is 36.2. The number of nitrogens with zero attached hydrogens (tertiary/aromatic N) is 2. The van der Waals surface area contributed by atoms with Crippen LogP contribution in [0, 0.1) is 28.6 Å². The Kier molecular flexibility index (Phi) is 5.57. The minimum Gasteiger partial charge on any atom is -0.475 e. The third kappa shape index (κ3) is 3.45. The fourth-order valence-corrected chi connectivity index (χ4v) is 9.89. The number of aliphatic hydroxyl groups is 1. The van der Waals surface area contributed by atoms with E-state index in [9.17, 15) is 14.7 Å². The largest absolute Gasteiger partial charge is 0.475 e. The second kappa shape index (κ2) is 8.61. The van der Waals surface area contributed by atoms with Crippen molar-refractivity contribution in [2.75, 3.05) is 5.75 Å². The predicted molar refractivity (Wildman–Crippen MR) is 152 cm³/mol. The summed E-state index contributed by atoms with van der Waals surface area (Å²) in [6, 6.07) is 12.0. The predicted octanol–water partition coefficient (Wildman–Crippen LogP) is 5.34. The van der Waals surface area contributed by atoms with Gasteiger partial charge in [0.25, 0.3) is 0 Å². The van der Waals surface area contributed by atoms with E-state index in [4.69, 9.17) is 14.7 Å². The number of aliphatic imine (C=N–C) groups is 1. The smallest absolute Gasteiger partial charge is 0.181 e. The molecule has 3 fully saturated rings. The number of allylic oxidation sites excluding steroid dienone is 4. The van der Waals surface area contributed by atoms with E-state index in [1.54, 1.807) is 12.2 Å². The average molecular weight is 543 g/mol. The monoisotopic (exact) mass is 542 g/mol. The van der Waals surface area contributed by atoms with Crippen molar-refractivity contribution in [3.63, 3.8) is 0 Å². The molecule has 0 radical (unpaired) electrons. The number of Topliss-reactive ketones (excluding diaryl/α,β-unsaturated/α-hetero) is 1. The summed E-state index contributed by atoms with van der Waals surface area (Å²) in [6.07, 6.45) is 7.54. The summed E-state index contributed by atoms with van der Waals surface area (Å²) < 4.78 is 6.29. The van der Waals surface area contributed by atoms with E-state index < -0.39 is 17.1 Å². The number of ether oxygens (including phenoxy) is 1. The number of carbonyl (C=O) groups excluding carboxylic acids is 2. The molecule has 1 aromatic carbocycles. The van der Waals surface area contributed by atoms with Crippen LogP contribution in [0.5, 0.6) is 0 Å². The second-order valence-electron chi connectivity index (χ2n) is 12.5. The van der Waals surface area contributed by atoms with Gasteiger partial charge in [0.05, 0.1) is 22.4 Å². The lowest BCUT2D eigenvalue weighted by Gasteiger charge is -2.59. The van der Waals surface area contributed by atoms with Gasteiger partial charge in [-0.1, -0.05) is 61.5 Å². The lowest BCUT2D eigenvalue weighted by molar-refractivity contribution is -0.141. The lowest BCUT2D eigenvalue weighted by Crippen LogP contribution is -2.62. The zero-order valence-corrected chi connectivity index (χ0v) is 23.4. The second-order valence-corrected chi connectivity index (χ2v) is 13.5. The van der Waals surface area contributed by atoms with E-state index in [0.29, 0.717) is 12.3 Å². The number of thioether (sulfide) groups is 1. The first-order valence-corrected chi connectivity index (χ1v) is 15.0. The number of hydrogen-bond acceptors (Lipinski definition) is 7. The molecule has 4 aliphatic carbocycles. The first-order chi connectivity index (χ1) is 18.7. The minimum atomic E-state index is -1.01. The van der Waals surface area contributed by atoms with Gasteiger partial charge in [0.15, 0.2) is 23.0 Å². The molecule has 1 aliphatic heterocycles. The number of para-hydroxylation sites is 1. The summed E-state index contributed by atoms with van der Waals surface area (Å²) in [5, 5.41) is 13.7. The van der Waals surface area contributed by atoms with Crippen molar-refractivity contribution in [3.05, 3.63) is 60.2 Å². The van der Waals surface area contributed by atoms with Gasteiger partial charge in [-0.25, -0.2) is 9.98 Å². The van der Waals surface area contributed by atoms with Crippen molar-refractivity contribution in [3.8, 4) is 0 Å². The van der Waals surface area contributed by atoms with E-state index >= 15 is 0 Å².